The van der Waals surface area contributed by atoms with Gasteiger partial charge in [-0.3, -0.25) is 4.79 Å². The Balaban J connectivity index is 1.78. The molecule has 0 saturated heterocycles. The molecule has 3 rings (SSSR count). The van der Waals surface area contributed by atoms with Crippen LogP contribution in [0, 0.1) is 0 Å². The summed E-state index contributed by atoms with van der Waals surface area (Å²) in [5.74, 6) is 0.759. The first-order valence-electron chi connectivity index (χ1n) is 6.76. The van der Waals surface area contributed by atoms with Crippen LogP contribution in [0.2, 0.25) is 5.02 Å². The van der Waals surface area contributed by atoms with Crippen molar-refractivity contribution in [1.29, 1.82) is 0 Å². The van der Waals surface area contributed by atoms with Gasteiger partial charge in [0.2, 0.25) is 0 Å². The Morgan fingerprint density at radius 2 is 2.05 bits per heavy atom. The largest absolute Gasteiger partial charge is 0.451 e. The highest BCUT2D eigenvalue weighted by atomic mass is 35.5. The van der Waals surface area contributed by atoms with E-state index in [0.29, 0.717) is 23.1 Å². The summed E-state index contributed by atoms with van der Waals surface area (Å²) in [4.78, 5) is 14.0. The quantitative estimate of drug-likeness (QED) is 0.679. The van der Waals surface area contributed by atoms with Crippen molar-refractivity contribution < 1.29 is 9.21 Å². The first kappa shape index (κ1) is 14.9. The van der Waals surface area contributed by atoms with E-state index in [1.807, 2.05) is 35.0 Å². The van der Waals surface area contributed by atoms with Gasteiger partial charge in [0.15, 0.2) is 5.76 Å². The maximum absolute atomic E-state index is 12.4. The second-order valence-electron chi connectivity index (χ2n) is 4.94. The third-order valence-corrected chi connectivity index (χ3v) is 4.36. The Morgan fingerprint density at radius 1 is 1.23 bits per heavy atom. The third-order valence-electron chi connectivity index (χ3n) is 3.30. The molecule has 0 radical (unpaired) electrons. The summed E-state index contributed by atoms with van der Waals surface area (Å²) < 4.78 is 5.68. The summed E-state index contributed by atoms with van der Waals surface area (Å²) in [6, 6.07) is 12.9. The second-order valence-corrected chi connectivity index (χ2v) is 6.12. The minimum Gasteiger partial charge on any atom is -0.451 e. The molecule has 1 amide bonds. The minimum absolute atomic E-state index is 0.149. The lowest BCUT2D eigenvalue weighted by molar-refractivity contribution is 0.0754. The highest BCUT2D eigenvalue weighted by Gasteiger charge is 2.17. The molecule has 0 atom stereocenters. The van der Waals surface area contributed by atoms with E-state index in [-0.39, 0.29) is 5.91 Å². The lowest BCUT2D eigenvalue weighted by Crippen LogP contribution is -2.25. The average molecular weight is 332 g/mol. The number of furan rings is 1. The molecule has 112 valence electrons. The molecular formula is C17H14ClNO2S. The zero-order valence-corrected chi connectivity index (χ0v) is 13.5. The van der Waals surface area contributed by atoms with Crippen LogP contribution in [0.4, 0.5) is 0 Å². The topological polar surface area (TPSA) is 33.5 Å². The second kappa shape index (κ2) is 6.38. The number of hydrogen-bond donors (Lipinski definition) is 0. The molecule has 5 heteroatoms. The number of benzene rings is 1. The van der Waals surface area contributed by atoms with E-state index in [1.165, 1.54) is 0 Å². The van der Waals surface area contributed by atoms with Gasteiger partial charge in [-0.05, 0) is 46.7 Å². The molecule has 3 aromatic rings. The number of hydrogen-bond acceptors (Lipinski definition) is 3. The fraction of sp³-hybridized carbons (Fsp3) is 0.118. The van der Waals surface area contributed by atoms with Crippen LogP contribution in [-0.2, 0) is 6.54 Å². The van der Waals surface area contributed by atoms with E-state index in [0.717, 1.165) is 11.1 Å². The third kappa shape index (κ3) is 3.08. The maximum Gasteiger partial charge on any atom is 0.289 e. The number of halogens is 1. The molecular weight excluding hydrogens is 318 g/mol. The van der Waals surface area contributed by atoms with E-state index in [4.69, 9.17) is 16.0 Å². The fourth-order valence-electron chi connectivity index (χ4n) is 2.18. The molecule has 2 heterocycles. The summed E-state index contributed by atoms with van der Waals surface area (Å²) in [5.41, 5.74) is 1.89. The van der Waals surface area contributed by atoms with Gasteiger partial charge in [0.25, 0.3) is 5.91 Å². The van der Waals surface area contributed by atoms with E-state index < -0.39 is 0 Å². The van der Waals surface area contributed by atoms with E-state index in [2.05, 4.69) is 0 Å². The Kier molecular flexibility index (Phi) is 4.32. The van der Waals surface area contributed by atoms with E-state index >= 15 is 0 Å². The van der Waals surface area contributed by atoms with Gasteiger partial charge in [0, 0.05) is 19.2 Å². The van der Waals surface area contributed by atoms with Crippen molar-refractivity contribution in [3.63, 3.8) is 0 Å². The number of thiophene rings is 1. The van der Waals surface area contributed by atoms with Crippen LogP contribution in [0.25, 0.3) is 11.3 Å². The normalized spacial score (nSPS) is 10.6. The van der Waals surface area contributed by atoms with Gasteiger partial charge in [0.1, 0.15) is 5.76 Å². The molecule has 0 saturated carbocycles. The lowest BCUT2D eigenvalue weighted by Gasteiger charge is -2.14. The predicted octanol–water partition coefficient (Wildman–Crippen LogP) is 4.93. The molecule has 0 bridgehead atoms. The molecule has 2 aromatic heterocycles. The van der Waals surface area contributed by atoms with Crippen molar-refractivity contribution in [2.24, 2.45) is 0 Å². The Hall–Kier alpha value is -2.04. The summed E-state index contributed by atoms with van der Waals surface area (Å²) in [6.45, 7) is 0.560. The van der Waals surface area contributed by atoms with Gasteiger partial charge >= 0.3 is 0 Å². The lowest BCUT2D eigenvalue weighted by atomic mass is 10.2. The van der Waals surface area contributed by atoms with Crippen molar-refractivity contribution >= 4 is 28.8 Å². The molecule has 0 unspecified atom stereocenters. The summed E-state index contributed by atoms with van der Waals surface area (Å²) in [7, 11) is 1.76. The van der Waals surface area contributed by atoms with Gasteiger partial charge in [-0.15, -0.1) is 0 Å². The Bertz CT molecular complexity index is 780. The van der Waals surface area contributed by atoms with Gasteiger partial charge in [-0.2, -0.15) is 11.3 Å². The smallest absolute Gasteiger partial charge is 0.289 e. The molecule has 3 nitrogen and oxygen atoms in total. The van der Waals surface area contributed by atoms with Gasteiger partial charge in [-0.1, -0.05) is 23.7 Å². The average Bonchev–Trinajstić information content (AvgIpc) is 3.18. The minimum atomic E-state index is -0.149. The van der Waals surface area contributed by atoms with E-state index in [9.17, 15) is 4.79 Å². The molecule has 0 fully saturated rings. The van der Waals surface area contributed by atoms with Crippen LogP contribution in [0.3, 0.4) is 0 Å². The van der Waals surface area contributed by atoms with Crippen LogP contribution in [-0.4, -0.2) is 17.9 Å². The number of nitrogens with zero attached hydrogens (tertiary/aromatic N) is 1. The standard InChI is InChI=1S/C17H14ClNO2S/c1-19(10-12-8-9-22-11-12)17(20)16-7-6-15(21-16)13-4-2-3-5-14(13)18/h2-9,11H,10H2,1H3. The number of amides is 1. The van der Waals surface area contributed by atoms with E-state index in [1.54, 1.807) is 41.5 Å². The van der Waals surface area contributed by atoms with Gasteiger partial charge < -0.3 is 9.32 Å². The van der Waals surface area contributed by atoms with Crippen molar-refractivity contribution in [2.45, 2.75) is 6.54 Å². The highest BCUT2D eigenvalue weighted by Crippen LogP contribution is 2.29. The number of carbonyl (C=O) groups is 1. The molecule has 22 heavy (non-hydrogen) atoms. The van der Waals surface area contributed by atoms with Crippen molar-refractivity contribution in [2.75, 3.05) is 7.05 Å². The maximum atomic E-state index is 12.4. The number of rotatable bonds is 4. The van der Waals surface area contributed by atoms with Crippen LogP contribution >= 0.6 is 22.9 Å². The fourth-order valence-corrected chi connectivity index (χ4v) is 3.06. The molecule has 0 aliphatic heterocycles. The Morgan fingerprint density at radius 3 is 2.77 bits per heavy atom. The molecule has 0 aliphatic carbocycles. The van der Waals surface area contributed by atoms with Crippen LogP contribution in [0.1, 0.15) is 16.1 Å². The van der Waals surface area contributed by atoms with Crippen LogP contribution in [0.15, 0.2) is 57.6 Å². The Labute approximate surface area is 137 Å². The zero-order chi connectivity index (χ0) is 15.5. The van der Waals surface area contributed by atoms with Gasteiger partial charge in [-0.25, -0.2) is 0 Å². The monoisotopic (exact) mass is 331 g/mol. The summed E-state index contributed by atoms with van der Waals surface area (Å²) in [6.07, 6.45) is 0. The van der Waals surface area contributed by atoms with Crippen LogP contribution < -0.4 is 0 Å². The first-order chi connectivity index (χ1) is 10.6. The first-order valence-corrected chi connectivity index (χ1v) is 8.08. The summed E-state index contributed by atoms with van der Waals surface area (Å²) in [5, 5.41) is 4.62. The van der Waals surface area contributed by atoms with Gasteiger partial charge in [0.05, 0.1) is 5.02 Å². The summed E-state index contributed by atoms with van der Waals surface area (Å²) >= 11 is 7.77. The SMILES string of the molecule is CN(Cc1ccsc1)C(=O)c1ccc(-c2ccccc2Cl)o1. The molecule has 0 N–H and O–H groups in total. The molecule has 1 aromatic carbocycles. The highest BCUT2D eigenvalue weighted by molar-refractivity contribution is 7.07. The molecule has 0 spiro atoms. The van der Waals surface area contributed by atoms with Crippen molar-refractivity contribution in [1.82, 2.24) is 4.90 Å². The van der Waals surface area contributed by atoms with Crippen LogP contribution in [0.5, 0.6) is 0 Å². The zero-order valence-electron chi connectivity index (χ0n) is 12.0. The van der Waals surface area contributed by atoms with Crippen molar-refractivity contribution in [3.05, 3.63) is 69.6 Å². The predicted molar refractivity (Wildman–Crippen MR) is 89.3 cm³/mol. The molecule has 0 aliphatic rings. The van der Waals surface area contributed by atoms with Crippen molar-refractivity contribution in [3.8, 4) is 11.3 Å². The number of carbonyl (C=O) groups excluding carboxylic acids is 1.